The highest BCUT2D eigenvalue weighted by Gasteiger charge is 2.40. The monoisotopic (exact) mass is 723 g/mol. The number of aryl methyl sites for hydroxylation is 1. The largest absolute Gasteiger partial charge is 0.493 e. The Bertz CT molecular complexity index is 2010. The van der Waals surface area contributed by atoms with Gasteiger partial charge in [0.05, 0.1) is 46.8 Å². The summed E-state index contributed by atoms with van der Waals surface area (Å²) in [6, 6.07) is 17.8. The summed E-state index contributed by atoms with van der Waals surface area (Å²) in [6.45, 7) is 7.21. The second-order valence-corrected chi connectivity index (χ2v) is 14.4. The van der Waals surface area contributed by atoms with Gasteiger partial charge in [0.1, 0.15) is 5.75 Å². The van der Waals surface area contributed by atoms with Crippen molar-refractivity contribution < 1.29 is 38.0 Å². The van der Waals surface area contributed by atoms with Crippen LogP contribution >= 0.6 is 0 Å². The number of likely N-dealkylation sites (N-methyl/N-ethyl adjacent to an activating group) is 2. The zero-order valence-electron chi connectivity index (χ0n) is 32.1. The average molecular weight is 724 g/mol. The number of methoxy groups -OCH3 is 4. The molecule has 4 aliphatic heterocycles. The van der Waals surface area contributed by atoms with Crippen LogP contribution in [-0.2, 0) is 24.0 Å². The molecule has 0 unspecified atom stereocenters. The van der Waals surface area contributed by atoms with Gasteiger partial charge in [0.2, 0.25) is 5.75 Å². The fourth-order valence-electron chi connectivity index (χ4n) is 7.76. The minimum Gasteiger partial charge on any atom is -0.493 e. The number of hydrogen-bond donors (Lipinski definition) is 0. The Balaban J connectivity index is 1.50. The Labute approximate surface area is 311 Å². The molecule has 0 saturated carbocycles. The molecular formula is C42H49N3O8. The van der Waals surface area contributed by atoms with Crippen molar-refractivity contribution in [3.8, 4) is 46.0 Å². The van der Waals surface area contributed by atoms with Gasteiger partial charge < -0.3 is 33.2 Å². The molecule has 4 aromatic rings. The van der Waals surface area contributed by atoms with E-state index in [0.29, 0.717) is 58.1 Å². The number of benzene rings is 4. The molecule has 0 N–H and O–H groups in total. The van der Waals surface area contributed by atoms with E-state index in [2.05, 4.69) is 36.2 Å². The smallest absolute Gasteiger partial charge is 0.429 e. The first-order valence-electron chi connectivity index (χ1n) is 18.1. The number of nitrogens with zero attached hydrogens (tertiary/aromatic N) is 3. The number of fused-ring (bicyclic) bond motifs is 2. The molecule has 0 radical (unpaired) electrons. The highest BCUT2D eigenvalue weighted by Crippen LogP contribution is 2.53. The van der Waals surface area contributed by atoms with Gasteiger partial charge in [0, 0.05) is 31.3 Å². The molecule has 4 aliphatic rings. The number of carbonyl (C=O) groups excluding carboxylic acids is 1. The van der Waals surface area contributed by atoms with Crippen LogP contribution in [0.1, 0.15) is 59.3 Å². The lowest BCUT2D eigenvalue weighted by molar-refractivity contribution is 0.109. The highest BCUT2D eigenvalue weighted by atomic mass is 16.6. The number of anilines is 1. The summed E-state index contributed by atoms with van der Waals surface area (Å²) in [5.74, 6) is 4.46. The van der Waals surface area contributed by atoms with Crippen LogP contribution in [0.2, 0.25) is 0 Å². The third-order valence-electron chi connectivity index (χ3n) is 10.5. The maximum Gasteiger partial charge on any atom is 0.429 e. The van der Waals surface area contributed by atoms with Gasteiger partial charge in [0.25, 0.3) is 0 Å². The van der Waals surface area contributed by atoms with E-state index in [4.69, 9.17) is 33.2 Å². The van der Waals surface area contributed by atoms with Crippen LogP contribution in [0, 0.1) is 12.8 Å². The van der Waals surface area contributed by atoms with Gasteiger partial charge in [-0.2, -0.15) is 0 Å². The van der Waals surface area contributed by atoms with Crippen LogP contribution in [-0.4, -0.2) is 71.7 Å². The number of rotatable bonds is 6. The molecule has 0 aromatic heterocycles. The van der Waals surface area contributed by atoms with Crippen LogP contribution in [0.5, 0.6) is 46.0 Å². The standard InChI is InChI=1S/C42H49N3O8/c1-24(2)23-51-42(46)45-31-22-35(48-7)36-20-28(31)18-33(44(45)5)39-25(3)16-38(49-8)40(50-9)41(39)53-37-21-30-27(19-34(37)47-6)14-15-43(4)32(30)17-26-10-12-29(52-36)13-11-26/h10-13,16,19-22,24,32-33H,14-15,17-18,23H2,1-9H3/t32-,33-/m0/s1. The minimum absolute atomic E-state index is 0.0937. The second-order valence-electron chi connectivity index (χ2n) is 14.4. The summed E-state index contributed by atoms with van der Waals surface area (Å²) in [7, 11) is 10.5. The van der Waals surface area contributed by atoms with Crippen molar-refractivity contribution in [2.75, 3.05) is 60.7 Å². The number of hydrogen-bond acceptors (Lipinski definition) is 10. The molecule has 53 heavy (non-hydrogen) atoms. The molecule has 8 rings (SSSR count). The summed E-state index contributed by atoms with van der Waals surface area (Å²) >= 11 is 0. The molecule has 2 atom stereocenters. The quantitative estimate of drug-likeness (QED) is 0.193. The highest BCUT2D eigenvalue weighted by molar-refractivity contribution is 5.89. The Morgan fingerprint density at radius 1 is 0.811 bits per heavy atom. The topological polar surface area (TPSA) is 91.4 Å². The van der Waals surface area contributed by atoms with E-state index in [-0.39, 0.29) is 18.6 Å². The maximum absolute atomic E-state index is 14.1. The van der Waals surface area contributed by atoms with Gasteiger partial charge in [0.15, 0.2) is 34.5 Å². The number of amides is 1. The van der Waals surface area contributed by atoms with Gasteiger partial charge in [-0.1, -0.05) is 26.0 Å². The minimum atomic E-state index is -0.507. The van der Waals surface area contributed by atoms with Crippen molar-refractivity contribution in [3.63, 3.8) is 0 Å². The molecule has 7 bridgehead atoms. The zero-order valence-corrected chi connectivity index (χ0v) is 32.1. The fraction of sp³-hybridized carbons (Fsp3) is 0.405. The fourth-order valence-corrected chi connectivity index (χ4v) is 7.76. The molecule has 11 nitrogen and oxygen atoms in total. The summed E-state index contributed by atoms with van der Waals surface area (Å²) in [6.07, 6.45) is 1.66. The Morgan fingerprint density at radius 2 is 1.51 bits per heavy atom. The van der Waals surface area contributed by atoms with Gasteiger partial charge in [-0.25, -0.2) is 14.8 Å². The lowest BCUT2D eigenvalue weighted by Gasteiger charge is -2.43. The van der Waals surface area contributed by atoms with Gasteiger partial charge in [-0.3, -0.25) is 4.90 Å². The van der Waals surface area contributed by atoms with Crippen molar-refractivity contribution in [3.05, 3.63) is 88.0 Å². The van der Waals surface area contributed by atoms with Crippen LogP contribution in [0.4, 0.5) is 10.5 Å². The summed E-state index contributed by atoms with van der Waals surface area (Å²) in [5, 5.41) is 3.48. The third-order valence-corrected chi connectivity index (χ3v) is 10.5. The molecule has 0 saturated heterocycles. The van der Waals surface area contributed by atoms with E-state index in [1.165, 1.54) is 16.7 Å². The van der Waals surface area contributed by atoms with Crippen molar-refractivity contribution >= 4 is 11.8 Å². The van der Waals surface area contributed by atoms with E-state index in [9.17, 15) is 4.79 Å². The van der Waals surface area contributed by atoms with E-state index < -0.39 is 12.1 Å². The van der Waals surface area contributed by atoms with Gasteiger partial charge in [-0.15, -0.1) is 0 Å². The first kappa shape index (κ1) is 36.2. The summed E-state index contributed by atoms with van der Waals surface area (Å²) < 4.78 is 43.2. The van der Waals surface area contributed by atoms with Crippen LogP contribution in [0.25, 0.3) is 0 Å². The van der Waals surface area contributed by atoms with E-state index in [1.807, 2.05) is 63.2 Å². The normalized spacial score (nSPS) is 18.0. The third kappa shape index (κ3) is 6.68. The number of ether oxygens (including phenoxy) is 7. The Morgan fingerprint density at radius 3 is 2.19 bits per heavy atom. The predicted molar refractivity (Wildman–Crippen MR) is 203 cm³/mol. The predicted octanol–water partition coefficient (Wildman–Crippen LogP) is 8.44. The van der Waals surface area contributed by atoms with Crippen molar-refractivity contribution in [1.82, 2.24) is 9.91 Å². The van der Waals surface area contributed by atoms with Crippen molar-refractivity contribution in [2.45, 2.75) is 52.1 Å². The van der Waals surface area contributed by atoms with E-state index in [1.54, 1.807) is 33.4 Å². The Hall–Kier alpha value is -5.13. The molecule has 4 aromatic carbocycles. The summed E-state index contributed by atoms with van der Waals surface area (Å²) in [5.41, 5.74) is 6.78. The van der Waals surface area contributed by atoms with E-state index in [0.717, 1.165) is 36.1 Å². The molecule has 0 aliphatic carbocycles. The SMILES string of the molecule is COc1cc2c3cc1Oc1ccc(cc1)C[C@H]1c4cc(c(OC)cc4CCN1C)Oc1c(OC)c(OC)cc(C)c1[C@H](C3)N(C)N2C(=O)OCC(C)C. The molecule has 280 valence electrons. The van der Waals surface area contributed by atoms with Crippen LogP contribution in [0.15, 0.2) is 54.6 Å². The number of carbonyl (C=O) groups is 1. The average Bonchev–Trinajstić information content (AvgIpc) is 3.15. The second kappa shape index (κ2) is 14.7. The van der Waals surface area contributed by atoms with Crippen LogP contribution < -0.4 is 33.4 Å². The zero-order chi connectivity index (χ0) is 37.6. The lowest BCUT2D eigenvalue weighted by Crippen LogP contribution is -2.50. The molecule has 0 fully saturated rings. The van der Waals surface area contributed by atoms with Gasteiger partial charge >= 0.3 is 6.09 Å². The Kier molecular flexibility index (Phi) is 10.1. The first-order valence-corrected chi connectivity index (χ1v) is 18.1. The molecular weight excluding hydrogens is 674 g/mol. The molecule has 0 spiro atoms. The summed E-state index contributed by atoms with van der Waals surface area (Å²) in [4.78, 5) is 16.5. The van der Waals surface area contributed by atoms with E-state index >= 15 is 0 Å². The van der Waals surface area contributed by atoms with Crippen molar-refractivity contribution in [2.24, 2.45) is 5.92 Å². The first-order chi connectivity index (χ1) is 25.5. The lowest BCUT2D eigenvalue weighted by atomic mass is 9.88. The molecule has 4 heterocycles. The van der Waals surface area contributed by atoms with Gasteiger partial charge in [-0.05, 0) is 103 Å². The maximum atomic E-state index is 14.1. The van der Waals surface area contributed by atoms with Crippen molar-refractivity contribution in [1.29, 1.82) is 0 Å². The number of hydrazine groups is 1. The molecule has 1 amide bonds. The molecule has 11 heteroatoms. The van der Waals surface area contributed by atoms with Crippen LogP contribution in [0.3, 0.4) is 0 Å².